The van der Waals surface area contributed by atoms with E-state index in [0.29, 0.717) is 25.7 Å². The fourth-order valence-corrected chi connectivity index (χ4v) is 1.25. The van der Waals surface area contributed by atoms with Crippen LogP contribution in [0.15, 0.2) is 0 Å². The van der Waals surface area contributed by atoms with Crippen LogP contribution in [0.3, 0.4) is 0 Å². The molecule has 0 aromatic heterocycles. The van der Waals surface area contributed by atoms with Gasteiger partial charge in [0.05, 0.1) is 12.1 Å². The minimum atomic E-state index is -2.08. The third-order valence-electron chi connectivity index (χ3n) is 1.26. The third kappa shape index (κ3) is 9.09. The largest absolute Gasteiger partial charge is 0.697 e. The Kier molecular flexibility index (Phi) is 9.36. The molecule has 0 aromatic rings. The Morgan fingerprint density at radius 2 is 1.43 bits per heavy atom. The van der Waals surface area contributed by atoms with Gasteiger partial charge in [-0.2, -0.15) is 10.5 Å². The van der Waals surface area contributed by atoms with E-state index in [4.69, 9.17) is 19.6 Å². The highest BCUT2D eigenvalue weighted by Gasteiger charge is 2.18. The topological polar surface area (TPSA) is 83.1 Å². The van der Waals surface area contributed by atoms with Gasteiger partial charge in [0.2, 0.25) is 0 Å². The van der Waals surface area contributed by atoms with Crippen molar-refractivity contribution in [1.29, 1.82) is 10.5 Å². The fraction of sp³-hybridized carbons (Fsp3) is 0.750. The van der Waals surface area contributed by atoms with Gasteiger partial charge in [-0.05, 0) is 12.8 Å². The number of hydrogen-bond acceptors (Lipinski definition) is 5. The predicted octanol–water partition coefficient (Wildman–Crippen LogP) is 2.28. The van der Waals surface area contributed by atoms with E-state index in [1.54, 1.807) is 0 Å². The Labute approximate surface area is 84.2 Å². The lowest BCUT2D eigenvalue weighted by Gasteiger charge is -1.88. The second-order valence-corrected chi connectivity index (χ2v) is 3.38. The van der Waals surface area contributed by atoms with E-state index < -0.39 is 8.25 Å². The van der Waals surface area contributed by atoms with Gasteiger partial charge in [-0.15, -0.1) is 9.05 Å². The molecule has 14 heavy (non-hydrogen) atoms. The molecule has 0 aromatic carbocycles. The number of nitrogens with zero attached hydrogens (tertiary/aromatic N) is 2. The molecule has 0 saturated carbocycles. The van der Waals surface area contributed by atoms with E-state index in [9.17, 15) is 4.57 Å². The quantitative estimate of drug-likeness (QED) is 0.458. The molecule has 76 valence electrons. The molecule has 0 saturated heterocycles. The highest BCUT2D eigenvalue weighted by Crippen LogP contribution is 2.24. The maximum Gasteiger partial charge on any atom is 0.697 e. The van der Waals surface area contributed by atoms with Crippen molar-refractivity contribution < 1.29 is 13.6 Å². The zero-order valence-corrected chi connectivity index (χ0v) is 8.70. The molecule has 6 heteroatoms. The number of nitriles is 2. The number of hydrogen-bond donors (Lipinski definition) is 0. The molecule has 0 fully saturated rings. The highest BCUT2D eigenvalue weighted by atomic mass is 31.1. The van der Waals surface area contributed by atoms with Crippen LogP contribution in [0, 0.1) is 22.7 Å². The summed E-state index contributed by atoms with van der Waals surface area (Å²) in [4.78, 5) is 0. The van der Waals surface area contributed by atoms with Crippen molar-refractivity contribution in [3.05, 3.63) is 0 Å². The van der Waals surface area contributed by atoms with Crippen molar-refractivity contribution in [3.8, 4) is 12.1 Å². The van der Waals surface area contributed by atoms with Crippen molar-refractivity contribution in [2.75, 3.05) is 13.2 Å². The molecular formula is C8H12N2O3P+. The van der Waals surface area contributed by atoms with E-state index in [-0.39, 0.29) is 13.2 Å². The second-order valence-electron chi connectivity index (χ2n) is 2.41. The zero-order valence-electron chi connectivity index (χ0n) is 7.81. The van der Waals surface area contributed by atoms with Crippen molar-refractivity contribution in [2.45, 2.75) is 25.7 Å². The summed E-state index contributed by atoms with van der Waals surface area (Å²) < 4.78 is 20.5. The van der Waals surface area contributed by atoms with Crippen LogP contribution in [0.1, 0.15) is 25.7 Å². The molecule has 0 radical (unpaired) electrons. The van der Waals surface area contributed by atoms with Gasteiger partial charge in [0.25, 0.3) is 0 Å². The molecule has 0 aliphatic heterocycles. The predicted molar refractivity (Wildman–Crippen MR) is 49.2 cm³/mol. The van der Waals surface area contributed by atoms with Crippen molar-refractivity contribution in [1.82, 2.24) is 0 Å². The smallest absolute Gasteiger partial charge is 0.198 e. The minimum absolute atomic E-state index is 0.265. The first-order valence-corrected chi connectivity index (χ1v) is 5.37. The number of unbranched alkanes of at least 4 members (excludes halogenated alkanes) is 2. The highest BCUT2D eigenvalue weighted by molar-refractivity contribution is 7.33. The van der Waals surface area contributed by atoms with Crippen LogP contribution in [-0.4, -0.2) is 13.2 Å². The number of rotatable bonds is 8. The lowest BCUT2D eigenvalue weighted by molar-refractivity contribution is 0.223. The summed E-state index contributed by atoms with van der Waals surface area (Å²) >= 11 is 0. The van der Waals surface area contributed by atoms with E-state index >= 15 is 0 Å². The average Bonchev–Trinajstić information content (AvgIpc) is 2.19. The van der Waals surface area contributed by atoms with Gasteiger partial charge in [0, 0.05) is 17.4 Å². The minimum Gasteiger partial charge on any atom is -0.198 e. The fourth-order valence-electron chi connectivity index (χ4n) is 0.618. The molecule has 0 atom stereocenters. The summed E-state index contributed by atoms with van der Waals surface area (Å²) in [6.45, 7) is 0.530. The first-order chi connectivity index (χ1) is 6.81. The van der Waals surface area contributed by atoms with Crippen LogP contribution >= 0.6 is 8.25 Å². The maximum absolute atomic E-state index is 10.9. The second kappa shape index (κ2) is 10.1. The van der Waals surface area contributed by atoms with Gasteiger partial charge in [-0.3, -0.25) is 0 Å². The normalized spacial score (nSPS) is 9.00. The van der Waals surface area contributed by atoms with E-state index in [2.05, 4.69) is 0 Å². The van der Waals surface area contributed by atoms with Crippen LogP contribution in [0.2, 0.25) is 0 Å². The molecule has 0 amide bonds. The molecular weight excluding hydrogens is 203 g/mol. The maximum atomic E-state index is 10.9. The van der Waals surface area contributed by atoms with Crippen molar-refractivity contribution in [2.24, 2.45) is 0 Å². The van der Waals surface area contributed by atoms with Crippen LogP contribution in [0.5, 0.6) is 0 Å². The summed E-state index contributed by atoms with van der Waals surface area (Å²) in [5.41, 5.74) is 0. The summed E-state index contributed by atoms with van der Waals surface area (Å²) in [6, 6.07) is 3.90. The van der Waals surface area contributed by atoms with Gasteiger partial charge in [-0.25, -0.2) is 0 Å². The standard InChI is InChI=1S/C8H12N2O3P/c9-5-1-3-7-12-14(11)13-8-4-2-6-10/h1-4,7-8H2/q+1. The Balaban J connectivity index is 3.21. The van der Waals surface area contributed by atoms with Gasteiger partial charge >= 0.3 is 8.25 Å². The molecule has 0 spiro atoms. The summed E-state index contributed by atoms with van der Waals surface area (Å²) in [6.07, 6.45) is 1.88. The molecule has 5 nitrogen and oxygen atoms in total. The zero-order chi connectivity index (χ0) is 10.6. The van der Waals surface area contributed by atoms with Crippen LogP contribution in [0.4, 0.5) is 0 Å². The van der Waals surface area contributed by atoms with Crippen LogP contribution in [0.25, 0.3) is 0 Å². The van der Waals surface area contributed by atoms with Crippen LogP contribution in [-0.2, 0) is 13.6 Å². The molecule has 0 rings (SSSR count). The Hall–Kier alpha value is -1.00. The average molecular weight is 215 g/mol. The lowest BCUT2D eigenvalue weighted by Crippen LogP contribution is -1.90. The Bertz CT molecular complexity index is 220. The van der Waals surface area contributed by atoms with Gasteiger partial charge in [0.1, 0.15) is 13.2 Å². The molecule has 0 N–H and O–H groups in total. The monoisotopic (exact) mass is 215 g/mol. The van der Waals surface area contributed by atoms with Crippen LogP contribution < -0.4 is 0 Å². The van der Waals surface area contributed by atoms with E-state index in [1.165, 1.54) is 0 Å². The third-order valence-corrected chi connectivity index (χ3v) is 2.05. The first kappa shape index (κ1) is 13.0. The summed E-state index contributed by atoms with van der Waals surface area (Å²) in [5.74, 6) is 0. The van der Waals surface area contributed by atoms with E-state index in [0.717, 1.165) is 0 Å². The molecule has 0 heterocycles. The Morgan fingerprint density at radius 3 is 1.79 bits per heavy atom. The van der Waals surface area contributed by atoms with Gasteiger partial charge < -0.3 is 0 Å². The Morgan fingerprint density at radius 1 is 1.00 bits per heavy atom. The molecule has 0 bridgehead atoms. The van der Waals surface area contributed by atoms with E-state index in [1.807, 2.05) is 12.1 Å². The van der Waals surface area contributed by atoms with Crippen molar-refractivity contribution in [3.63, 3.8) is 0 Å². The molecule has 0 aliphatic carbocycles. The molecule has 0 aliphatic rings. The van der Waals surface area contributed by atoms with Gasteiger partial charge in [0.15, 0.2) is 0 Å². The first-order valence-electron chi connectivity index (χ1n) is 4.28. The van der Waals surface area contributed by atoms with Gasteiger partial charge in [-0.1, -0.05) is 0 Å². The lowest BCUT2D eigenvalue weighted by atomic mass is 10.4. The van der Waals surface area contributed by atoms with Crippen molar-refractivity contribution >= 4 is 8.25 Å². The summed E-state index contributed by atoms with van der Waals surface area (Å²) in [5, 5.41) is 16.4. The summed E-state index contributed by atoms with van der Waals surface area (Å²) in [7, 11) is -2.08. The SMILES string of the molecule is N#CCCCO[P+](=O)OCCCC#N. The molecule has 0 unspecified atom stereocenters.